The molecule has 7 nitrogen and oxygen atoms in total. The van der Waals surface area contributed by atoms with Gasteiger partial charge in [-0.3, -0.25) is 9.69 Å². The molecule has 1 aromatic carbocycles. The molecular weight excluding hydrogens is 376 g/mol. The van der Waals surface area contributed by atoms with E-state index in [9.17, 15) is 9.90 Å². The van der Waals surface area contributed by atoms with Crippen molar-refractivity contribution < 1.29 is 14.6 Å². The molecule has 26 heavy (non-hydrogen) atoms. The second kappa shape index (κ2) is 7.87. The molecule has 9 heteroatoms. The van der Waals surface area contributed by atoms with Gasteiger partial charge in [-0.05, 0) is 43.4 Å². The Morgan fingerprint density at radius 3 is 2.73 bits per heavy atom. The van der Waals surface area contributed by atoms with Crippen LogP contribution in [-0.4, -0.2) is 56.1 Å². The molecule has 2 aromatic rings. The predicted octanol–water partition coefficient (Wildman–Crippen LogP) is 2.32. The average Bonchev–Trinajstić information content (AvgIpc) is 3.15. The lowest BCUT2D eigenvalue weighted by molar-refractivity contribution is -0.146. The molecule has 1 aromatic heterocycles. The molecule has 0 unspecified atom stereocenters. The Morgan fingerprint density at radius 1 is 1.42 bits per heavy atom. The van der Waals surface area contributed by atoms with Crippen LogP contribution in [0, 0.1) is 4.77 Å². The van der Waals surface area contributed by atoms with Gasteiger partial charge in [0.25, 0.3) is 0 Å². The molecule has 1 fully saturated rings. The summed E-state index contributed by atoms with van der Waals surface area (Å²) in [6.07, 6.45) is -0.226. The topological polar surface area (TPSA) is 72.5 Å². The number of aliphatic hydroxyl groups is 1. The smallest absolute Gasteiger partial charge is 0.323 e. The van der Waals surface area contributed by atoms with Crippen LogP contribution in [0.5, 0.6) is 0 Å². The number of methoxy groups -OCH3 is 1. The first-order chi connectivity index (χ1) is 12.4. The van der Waals surface area contributed by atoms with Gasteiger partial charge in [-0.1, -0.05) is 11.6 Å². The summed E-state index contributed by atoms with van der Waals surface area (Å²) in [5, 5.41) is 15.2. The van der Waals surface area contributed by atoms with Crippen molar-refractivity contribution in [3.8, 4) is 11.4 Å². The summed E-state index contributed by atoms with van der Waals surface area (Å²) in [6, 6.07) is 6.91. The number of aliphatic hydroxyl groups excluding tert-OH is 1. The molecule has 1 N–H and O–H groups in total. The maximum atomic E-state index is 12.0. The third kappa shape index (κ3) is 3.68. The molecule has 2 atom stereocenters. The minimum absolute atomic E-state index is 0.309. The number of nitrogens with zero attached hydrogens (tertiary/aromatic N) is 4. The highest BCUT2D eigenvalue weighted by Crippen LogP contribution is 2.23. The maximum Gasteiger partial charge on any atom is 0.323 e. The van der Waals surface area contributed by atoms with E-state index in [4.69, 9.17) is 28.6 Å². The fourth-order valence-electron chi connectivity index (χ4n) is 3.22. The second-order valence-electron chi connectivity index (χ2n) is 6.20. The number of esters is 1. The van der Waals surface area contributed by atoms with Gasteiger partial charge >= 0.3 is 5.97 Å². The van der Waals surface area contributed by atoms with Gasteiger partial charge in [0.2, 0.25) is 0 Å². The van der Waals surface area contributed by atoms with Gasteiger partial charge < -0.3 is 14.4 Å². The Balaban J connectivity index is 1.92. The Bertz CT molecular complexity index is 849. The summed E-state index contributed by atoms with van der Waals surface area (Å²) in [7, 11) is 1.35. The minimum Gasteiger partial charge on any atom is -0.468 e. The van der Waals surface area contributed by atoms with Crippen LogP contribution in [0.3, 0.4) is 0 Å². The first kappa shape index (κ1) is 19.0. The van der Waals surface area contributed by atoms with Crippen molar-refractivity contribution in [2.75, 3.05) is 13.7 Å². The maximum absolute atomic E-state index is 12.0. The van der Waals surface area contributed by atoms with E-state index in [1.165, 1.54) is 7.11 Å². The fourth-order valence-corrected chi connectivity index (χ4v) is 3.66. The summed E-state index contributed by atoms with van der Waals surface area (Å²) >= 11 is 11.5. The Morgan fingerprint density at radius 2 is 2.12 bits per heavy atom. The second-order valence-corrected chi connectivity index (χ2v) is 7.00. The number of rotatable bonds is 5. The van der Waals surface area contributed by atoms with Crippen LogP contribution < -0.4 is 0 Å². The van der Waals surface area contributed by atoms with Gasteiger partial charge in [-0.15, -0.1) is 0 Å². The van der Waals surface area contributed by atoms with Crippen molar-refractivity contribution in [1.29, 1.82) is 0 Å². The van der Waals surface area contributed by atoms with Gasteiger partial charge in [0, 0.05) is 30.1 Å². The van der Waals surface area contributed by atoms with Crippen LogP contribution >= 0.6 is 23.8 Å². The van der Waals surface area contributed by atoms with Crippen LogP contribution in [0.15, 0.2) is 24.3 Å². The lowest BCUT2D eigenvalue weighted by Gasteiger charge is -2.21. The van der Waals surface area contributed by atoms with E-state index >= 15 is 0 Å². The van der Waals surface area contributed by atoms with Gasteiger partial charge in [0.15, 0.2) is 10.6 Å². The summed E-state index contributed by atoms with van der Waals surface area (Å²) in [6.45, 7) is 3.35. The number of aromatic nitrogens is 3. The van der Waals surface area contributed by atoms with Gasteiger partial charge in [-0.25, -0.2) is 4.68 Å². The zero-order valence-electron chi connectivity index (χ0n) is 14.6. The molecule has 1 aliphatic rings. The van der Waals surface area contributed by atoms with Crippen molar-refractivity contribution >= 4 is 29.8 Å². The van der Waals surface area contributed by atoms with Crippen LogP contribution in [-0.2, 0) is 22.7 Å². The molecule has 3 rings (SSSR count). The van der Waals surface area contributed by atoms with Crippen molar-refractivity contribution in [2.45, 2.75) is 38.7 Å². The Labute approximate surface area is 161 Å². The molecule has 0 radical (unpaired) electrons. The fraction of sp³-hybridized carbons (Fsp3) is 0.471. The van der Waals surface area contributed by atoms with E-state index in [-0.39, 0.29) is 5.97 Å². The summed E-state index contributed by atoms with van der Waals surface area (Å²) in [4.78, 5) is 13.8. The summed E-state index contributed by atoms with van der Waals surface area (Å²) in [5.74, 6) is 0.379. The SMILES string of the molecule is CCn1c(-c2ccc(Cl)cc2)nn(CN2C[C@@H](O)C[C@H]2C(=O)OC)c1=S. The zero-order valence-corrected chi connectivity index (χ0v) is 16.2. The third-order valence-electron chi connectivity index (χ3n) is 4.51. The van der Waals surface area contributed by atoms with E-state index in [1.807, 2.05) is 40.7 Å². The number of ether oxygens (including phenoxy) is 1. The molecule has 1 saturated heterocycles. The van der Waals surface area contributed by atoms with Crippen LogP contribution in [0.1, 0.15) is 13.3 Å². The highest BCUT2D eigenvalue weighted by Gasteiger charge is 2.37. The molecule has 0 spiro atoms. The number of halogens is 1. The zero-order chi connectivity index (χ0) is 18.8. The summed E-state index contributed by atoms with van der Waals surface area (Å²) < 4.78 is 9.01. The molecule has 0 amide bonds. The molecule has 1 aliphatic heterocycles. The number of hydrogen-bond donors (Lipinski definition) is 1. The van der Waals surface area contributed by atoms with Crippen molar-refractivity contribution in [2.24, 2.45) is 0 Å². The number of carbonyl (C=O) groups is 1. The first-order valence-corrected chi connectivity index (χ1v) is 9.16. The highest BCUT2D eigenvalue weighted by atomic mass is 35.5. The van der Waals surface area contributed by atoms with E-state index in [0.717, 1.165) is 11.4 Å². The molecule has 140 valence electrons. The monoisotopic (exact) mass is 396 g/mol. The van der Waals surface area contributed by atoms with E-state index < -0.39 is 12.1 Å². The summed E-state index contributed by atoms with van der Waals surface area (Å²) in [5.41, 5.74) is 0.909. The highest BCUT2D eigenvalue weighted by molar-refractivity contribution is 7.71. The molecule has 0 aliphatic carbocycles. The van der Waals surface area contributed by atoms with Crippen LogP contribution in [0.25, 0.3) is 11.4 Å². The van der Waals surface area contributed by atoms with Gasteiger partial charge in [0.05, 0.1) is 19.9 Å². The van der Waals surface area contributed by atoms with E-state index in [0.29, 0.717) is 36.0 Å². The minimum atomic E-state index is -0.572. The largest absolute Gasteiger partial charge is 0.468 e. The number of likely N-dealkylation sites (tertiary alicyclic amines) is 1. The lowest BCUT2D eigenvalue weighted by Crippen LogP contribution is -2.38. The third-order valence-corrected chi connectivity index (χ3v) is 5.19. The number of benzene rings is 1. The normalized spacial score (nSPS) is 20.5. The van der Waals surface area contributed by atoms with Crippen LogP contribution in [0.2, 0.25) is 5.02 Å². The first-order valence-electron chi connectivity index (χ1n) is 8.38. The lowest BCUT2D eigenvalue weighted by atomic mass is 10.2. The molecular formula is C17H21ClN4O3S. The number of carbonyl (C=O) groups excluding carboxylic acids is 1. The Kier molecular flexibility index (Phi) is 5.76. The molecule has 2 heterocycles. The molecule has 0 bridgehead atoms. The standard InChI is InChI=1S/C17H21ClN4O3S/c1-3-21-15(11-4-6-12(18)7-5-11)19-22(17(21)26)10-20-9-13(23)8-14(20)16(24)25-2/h4-7,13-14,23H,3,8-10H2,1-2H3/t13-,14-/m0/s1. The van der Waals surface area contributed by atoms with Crippen LogP contribution in [0.4, 0.5) is 0 Å². The van der Waals surface area contributed by atoms with E-state index in [1.54, 1.807) is 4.68 Å². The van der Waals surface area contributed by atoms with Crippen molar-refractivity contribution in [3.05, 3.63) is 34.1 Å². The van der Waals surface area contributed by atoms with E-state index in [2.05, 4.69) is 5.10 Å². The number of β-amino-alcohol motifs (C(OH)–C–C–N with tert-alkyl or cyclic N) is 1. The predicted molar refractivity (Wildman–Crippen MR) is 100 cm³/mol. The van der Waals surface area contributed by atoms with Crippen molar-refractivity contribution in [1.82, 2.24) is 19.2 Å². The van der Waals surface area contributed by atoms with Gasteiger partial charge in [0.1, 0.15) is 6.04 Å². The quantitative estimate of drug-likeness (QED) is 0.617. The molecule has 0 saturated carbocycles. The van der Waals surface area contributed by atoms with Crippen molar-refractivity contribution in [3.63, 3.8) is 0 Å². The Hall–Kier alpha value is -1.74. The average molecular weight is 397 g/mol. The van der Waals surface area contributed by atoms with Gasteiger partial charge in [-0.2, -0.15) is 5.10 Å². The number of hydrogen-bond acceptors (Lipinski definition) is 6.